The second kappa shape index (κ2) is 4.67. The van der Waals surface area contributed by atoms with Gasteiger partial charge in [-0.1, -0.05) is 18.7 Å². The molecule has 5 nitrogen and oxygen atoms in total. The van der Waals surface area contributed by atoms with Crippen molar-refractivity contribution in [1.29, 1.82) is 0 Å². The SMILES string of the molecule is C=CC(=O)N1CC(C(=O)N2Cc3cccc(O)c3C2)C1. The first-order valence-corrected chi connectivity index (χ1v) is 6.60. The number of nitrogens with zero attached hydrogens (tertiary/aromatic N) is 2. The number of aromatic hydroxyl groups is 1. The number of hydrogen-bond donors (Lipinski definition) is 1. The molecule has 2 heterocycles. The summed E-state index contributed by atoms with van der Waals surface area (Å²) in [6.07, 6.45) is 1.27. The highest BCUT2D eigenvalue weighted by Gasteiger charge is 2.38. The lowest BCUT2D eigenvalue weighted by Crippen LogP contribution is -2.55. The molecule has 0 bridgehead atoms. The van der Waals surface area contributed by atoms with Gasteiger partial charge in [0.15, 0.2) is 0 Å². The average molecular weight is 272 g/mol. The van der Waals surface area contributed by atoms with Gasteiger partial charge >= 0.3 is 0 Å². The van der Waals surface area contributed by atoms with E-state index >= 15 is 0 Å². The quantitative estimate of drug-likeness (QED) is 0.813. The molecule has 5 heteroatoms. The van der Waals surface area contributed by atoms with Gasteiger partial charge in [0.05, 0.1) is 5.92 Å². The Morgan fingerprint density at radius 3 is 2.65 bits per heavy atom. The largest absolute Gasteiger partial charge is 0.508 e. The highest BCUT2D eigenvalue weighted by Crippen LogP contribution is 2.31. The third-order valence-corrected chi connectivity index (χ3v) is 3.99. The number of amides is 2. The number of hydrogen-bond acceptors (Lipinski definition) is 3. The summed E-state index contributed by atoms with van der Waals surface area (Å²) >= 11 is 0. The van der Waals surface area contributed by atoms with Gasteiger partial charge in [-0.3, -0.25) is 9.59 Å². The van der Waals surface area contributed by atoms with Gasteiger partial charge in [-0.25, -0.2) is 0 Å². The minimum Gasteiger partial charge on any atom is -0.508 e. The van der Waals surface area contributed by atoms with E-state index in [1.807, 2.05) is 6.07 Å². The Balaban J connectivity index is 1.63. The van der Waals surface area contributed by atoms with Gasteiger partial charge in [0.2, 0.25) is 11.8 Å². The molecule has 1 aromatic rings. The summed E-state index contributed by atoms with van der Waals surface area (Å²) in [4.78, 5) is 27.0. The van der Waals surface area contributed by atoms with Crippen molar-refractivity contribution >= 4 is 11.8 Å². The molecular formula is C15H16N2O3. The maximum absolute atomic E-state index is 12.3. The second-order valence-electron chi connectivity index (χ2n) is 5.25. The zero-order valence-corrected chi connectivity index (χ0v) is 11.1. The molecule has 0 atom stereocenters. The monoisotopic (exact) mass is 272 g/mol. The minimum atomic E-state index is -0.129. The molecule has 2 aliphatic rings. The fourth-order valence-corrected chi connectivity index (χ4v) is 2.76. The number of rotatable bonds is 2. The van der Waals surface area contributed by atoms with Crippen molar-refractivity contribution < 1.29 is 14.7 Å². The number of benzene rings is 1. The smallest absolute Gasteiger partial charge is 0.246 e. The Labute approximate surface area is 117 Å². The highest BCUT2D eigenvalue weighted by atomic mass is 16.3. The van der Waals surface area contributed by atoms with Crippen LogP contribution in [0.25, 0.3) is 0 Å². The molecule has 0 aromatic heterocycles. The van der Waals surface area contributed by atoms with Gasteiger partial charge in [0.25, 0.3) is 0 Å². The van der Waals surface area contributed by atoms with Crippen molar-refractivity contribution in [3.05, 3.63) is 42.0 Å². The molecule has 1 aromatic carbocycles. The van der Waals surface area contributed by atoms with Crippen LogP contribution in [0.15, 0.2) is 30.9 Å². The Morgan fingerprint density at radius 2 is 2.00 bits per heavy atom. The van der Waals surface area contributed by atoms with Gasteiger partial charge in [-0.15, -0.1) is 0 Å². The lowest BCUT2D eigenvalue weighted by atomic mass is 9.98. The fourth-order valence-electron chi connectivity index (χ4n) is 2.76. The molecule has 1 saturated heterocycles. The summed E-state index contributed by atoms with van der Waals surface area (Å²) in [6.45, 7) is 5.34. The third kappa shape index (κ3) is 1.95. The van der Waals surface area contributed by atoms with Crippen LogP contribution in [0.2, 0.25) is 0 Å². The van der Waals surface area contributed by atoms with Crippen molar-refractivity contribution in [2.75, 3.05) is 13.1 Å². The maximum Gasteiger partial charge on any atom is 0.246 e. The molecule has 0 aliphatic carbocycles. The summed E-state index contributed by atoms with van der Waals surface area (Å²) < 4.78 is 0. The van der Waals surface area contributed by atoms with Crippen LogP contribution in [-0.2, 0) is 22.7 Å². The van der Waals surface area contributed by atoms with Gasteiger partial charge in [-0.2, -0.15) is 0 Å². The van der Waals surface area contributed by atoms with E-state index in [1.54, 1.807) is 21.9 Å². The Morgan fingerprint density at radius 1 is 1.25 bits per heavy atom. The Bertz CT molecular complexity index is 591. The summed E-state index contributed by atoms with van der Waals surface area (Å²) in [5.74, 6) is 0.0374. The first kappa shape index (κ1) is 12.7. The maximum atomic E-state index is 12.3. The van der Waals surface area contributed by atoms with Gasteiger partial charge in [0, 0.05) is 31.7 Å². The second-order valence-corrected chi connectivity index (χ2v) is 5.25. The summed E-state index contributed by atoms with van der Waals surface area (Å²) in [5.41, 5.74) is 1.83. The van der Waals surface area contributed by atoms with Crippen LogP contribution in [-0.4, -0.2) is 39.8 Å². The van der Waals surface area contributed by atoms with E-state index in [0.717, 1.165) is 11.1 Å². The molecule has 104 valence electrons. The van der Waals surface area contributed by atoms with Gasteiger partial charge in [0.1, 0.15) is 5.75 Å². The zero-order valence-electron chi connectivity index (χ0n) is 11.1. The van der Waals surface area contributed by atoms with Crippen molar-refractivity contribution in [2.45, 2.75) is 13.1 Å². The van der Waals surface area contributed by atoms with Crippen molar-refractivity contribution in [1.82, 2.24) is 9.80 Å². The molecule has 1 N–H and O–H groups in total. The van der Waals surface area contributed by atoms with E-state index in [4.69, 9.17) is 0 Å². The van der Waals surface area contributed by atoms with E-state index < -0.39 is 0 Å². The molecule has 20 heavy (non-hydrogen) atoms. The van der Waals surface area contributed by atoms with Gasteiger partial charge < -0.3 is 14.9 Å². The topological polar surface area (TPSA) is 60.9 Å². The summed E-state index contributed by atoms with van der Waals surface area (Å²) in [6, 6.07) is 5.35. The lowest BCUT2D eigenvalue weighted by molar-refractivity contribution is -0.146. The first-order chi connectivity index (χ1) is 9.60. The third-order valence-electron chi connectivity index (χ3n) is 3.99. The Kier molecular flexibility index (Phi) is 2.97. The molecular weight excluding hydrogens is 256 g/mol. The molecule has 0 radical (unpaired) electrons. The van der Waals surface area contributed by atoms with Crippen LogP contribution in [0.1, 0.15) is 11.1 Å². The number of carbonyl (C=O) groups is 2. The lowest BCUT2D eigenvalue weighted by Gasteiger charge is -2.39. The fraction of sp³-hybridized carbons (Fsp3) is 0.333. The standard InChI is InChI=1S/C15H16N2O3/c1-2-14(19)16-7-11(8-16)15(20)17-6-10-4-3-5-13(18)12(10)9-17/h2-5,11,18H,1,6-9H2. The molecule has 0 saturated carbocycles. The van der Waals surface area contributed by atoms with E-state index in [-0.39, 0.29) is 23.5 Å². The minimum absolute atomic E-state index is 0.0497. The van der Waals surface area contributed by atoms with E-state index in [9.17, 15) is 14.7 Å². The molecule has 0 spiro atoms. The zero-order chi connectivity index (χ0) is 14.3. The Hall–Kier alpha value is -2.30. The number of likely N-dealkylation sites (tertiary alicyclic amines) is 1. The number of fused-ring (bicyclic) bond motifs is 1. The molecule has 2 amide bonds. The summed E-state index contributed by atoms with van der Waals surface area (Å²) in [5, 5.41) is 9.79. The highest BCUT2D eigenvalue weighted by molar-refractivity contribution is 5.90. The number of phenolic OH excluding ortho intramolecular Hbond substituents is 1. The van der Waals surface area contributed by atoms with E-state index in [0.29, 0.717) is 26.2 Å². The van der Waals surface area contributed by atoms with Crippen LogP contribution >= 0.6 is 0 Å². The van der Waals surface area contributed by atoms with Crippen molar-refractivity contribution in [3.8, 4) is 5.75 Å². The van der Waals surface area contributed by atoms with Crippen molar-refractivity contribution in [2.24, 2.45) is 5.92 Å². The van der Waals surface area contributed by atoms with Gasteiger partial charge in [-0.05, 0) is 17.7 Å². The average Bonchev–Trinajstić information content (AvgIpc) is 2.82. The molecule has 2 aliphatic heterocycles. The number of carbonyl (C=O) groups excluding carboxylic acids is 2. The van der Waals surface area contributed by atoms with Crippen LogP contribution in [0.4, 0.5) is 0 Å². The predicted molar refractivity (Wildman–Crippen MR) is 72.6 cm³/mol. The summed E-state index contributed by atoms with van der Waals surface area (Å²) in [7, 11) is 0. The first-order valence-electron chi connectivity index (χ1n) is 6.60. The van der Waals surface area contributed by atoms with Crippen LogP contribution in [0.5, 0.6) is 5.75 Å². The molecule has 0 unspecified atom stereocenters. The normalized spacial score (nSPS) is 17.6. The predicted octanol–water partition coefficient (Wildman–Crippen LogP) is 0.879. The van der Waals surface area contributed by atoms with E-state index in [2.05, 4.69) is 6.58 Å². The van der Waals surface area contributed by atoms with Crippen LogP contribution in [0.3, 0.4) is 0 Å². The molecule has 1 fully saturated rings. The van der Waals surface area contributed by atoms with E-state index in [1.165, 1.54) is 6.08 Å². The molecule has 3 rings (SSSR count). The van der Waals surface area contributed by atoms with Crippen LogP contribution in [0, 0.1) is 5.92 Å². The number of phenols is 1. The van der Waals surface area contributed by atoms with Crippen LogP contribution < -0.4 is 0 Å². The van der Waals surface area contributed by atoms with Crippen molar-refractivity contribution in [3.63, 3.8) is 0 Å².